The SMILES string of the molecule is CCC(CC)(CBr)CNC(=O)c1cc(Br)ccc1C. The van der Waals surface area contributed by atoms with Gasteiger partial charge in [0.05, 0.1) is 0 Å². The molecule has 2 nitrogen and oxygen atoms in total. The molecule has 0 aromatic heterocycles. The first-order valence-electron chi connectivity index (χ1n) is 6.58. The van der Waals surface area contributed by atoms with Crippen LogP contribution in [0.5, 0.6) is 0 Å². The Bertz CT molecular complexity index is 434. The number of amides is 1. The molecule has 106 valence electrons. The van der Waals surface area contributed by atoms with Crippen LogP contribution in [0.4, 0.5) is 0 Å². The Kier molecular flexibility index (Phi) is 6.54. The van der Waals surface area contributed by atoms with Crippen molar-refractivity contribution in [1.29, 1.82) is 0 Å². The molecule has 0 aliphatic rings. The van der Waals surface area contributed by atoms with E-state index in [-0.39, 0.29) is 11.3 Å². The number of hydrogen-bond acceptors (Lipinski definition) is 1. The summed E-state index contributed by atoms with van der Waals surface area (Å²) < 4.78 is 0.931. The summed E-state index contributed by atoms with van der Waals surface area (Å²) in [4.78, 5) is 12.3. The monoisotopic (exact) mass is 389 g/mol. The van der Waals surface area contributed by atoms with Crippen LogP contribution in [0.25, 0.3) is 0 Å². The van der Waals surface area contributed by atoms with Crippen molar-refractivity contribution in [2.75, 3.05) is 11.9 Å². The van der Waals surface area contributed by atoms with E-state index in [1.54, 1.807) is 0 Å². The summed E-state index contributed by atoms with van der Waals surface area (Å²) in [6.45, 7) is 7.00. The average Bonchev–Trinajstić information content (AvgIpc) is 2.43. The Morgan fingerprint density at radius 2 is 1.95 bits per heavy atom. The highest BCUT2D eigenvalue weighted by molar-refractivity contribution is 9.10. The number of nitrogens with one attached hydrogen (secondary N) is 1. The van der Waals surface area contributed by atoms with Crippen LogP contribution in [0.3, 0.4) is 0 Å². The number of carbonyl (C=O) groups excluding carboxylic acids is 1. The molecule has 19 heavy (non-hydrogen) atoms. The van der Waals surface area contributed by atoms with Crippen LogP contribution in [-0.2, 0) is 0 Å². The van der Waals surface area contributed by atoms with Crippen LogP contribution in [0.1, 0.15) is 42.6 Å². The molecule has 0 spiro atoms. The van der Waals surface area contributed by atoms with Gasteiger partial charge >= 0.3 is 0 Å². The van der Waals surface area contributed by atoms with Gasteiger partial charge in [0, 0.05) is 21.9 Å². The highest BCUT2D eigenvalue weighted by Crippen LogP contribution is 2.28. The van der Waals surface area contributed by atoms with E-state index < -0.39 is 0 Å². The van der Waals surface area contributed by atoms with Crippen molar-refractivity contribution in [2.24, 2.45) is 5.41 Å². The fraction of sp³-hybridized carbons (Fsp3) is 0.533. The van der Waals surface area contributed by atoms with Crippen molar-refractivity contribution in [2.45, 2.75) is 33.6 Å². The summed E-state index contributed by atoms with van der Waals surface area (Å²) in [5.41, 5.74) is 1.89. The molecule has 0 atom stereocenters. The maximum absolute atomic E-state index is 12.3. The molecule has 1 N–H and O–H groups in total. The third-order valence-electron chi connectivity index (χ3n) is 3.85. The lowest BCUT2D eigenvalue weighted by atomic mass is 9.84. The standard InChI is InChI=1S/C15H21Br2NO/c1-4-15(5-2,9-16)10-18-14(19)13-8-12(17)7-6-11(13)3/h6-8H,4-5,9-10H2,1-3H3,(H,18,19). The Hall–Kier alpha value is -0.350. The van der Waals surface area contributed by atoms with Crippen LogP contribution in [0.2, 0.25) is 0 Å². The first-order valence-corrected chi connectivity index (χ1v) is 8.49. The van der Waals surface area contributed by atoms with E-state index in [2.05, 4.69) is 51.0 Å². The predicted octanol–water partition coefficient (Wildman–Crippen LogP) is 4.69. The molecule has 0 aliphatic heterocycles. The molecule has 0 saturated heterocycles. The molecule has 1 rings (SSSR count). The average molecular weight is 391 g/mol. The zero-order valence-corrected chi connectivity index (χ0v) is 14.9. The number of rotatable bonds is 6. The van der Waals surface area contributed by atoms with Gasteiger partial charge in [-0.05, 0) is 42.9 Å². The Labute approximate surface area is 132 Å². The molecule has 1 amide bonds. The van der Waals surface area contributed by atoms with Gasteiger partial charge in [0.25, 0.3) is 5.91 Å². The second kappa shape index (κ2) is 7.44. The third kappa shape index (κ3) is 4.32. The highest BCUT2D eigenvalue weighted by atomic mass is 79.9. The molecule has 0 radical (unpaired) electrons. The van der Waals surface area contributed by atoms with E-state index in [1.807, 2.05) is 25.1 Å². The van der Waals surface area contributed by atoms with Gasteiger partial charge in [-0.2, -0.15) is 0 Å². The number of aryl methyl sites for hydroxylation is 1. The summed E-state index contributed by atoms with van der Waals surface area (Å²) in [5.74, 6) is 0.00558. The maximum atomic E-state index is 12.3. The van der Waals surface area contributed by atoms with Crippen molar-refractivity contribution >= 4 is 37.8 Å². The molecule has 0 unspecified atom stereocenters. The number of halogens is 2. The zero-order valence-electron chi connectivity index (χ0n) is 11.7. The number of carbonyl (C=O) groups is 1. The largest absolute Gasteiger partial charge is 0.351 e. The normalized spacial score (nSPS) is 11.4. The smallest absolute Gasteiger partial charge is 0.251 e. The molecule has 1 aromatic carbocycles. The van der Waals surface area contributed by atoms with Gasteiger partial charge in [-0.15, -0.1) is 0 Å². The van der Waals surface area contributed by atoms with Crippen LogP contribution in [0.15, 0.2) is 22.7 Å². The lowest BCUT2D eigenvalue weighted by Gasteiger charge is -2.29. The van der Waals surface area contributed by atoms with E-state index in [9.17, 15) is 4.79 Å². The van der Waals surface area contributed by atoms with Gasteiger partial charge in [-0.25, -0.2) is 0 Å². The van der Waals surface area contributed by atoms with E-state index in [4.69, 9.17) is 0 Å². The van der Waals surface area contributed by atoms with E-state index in [0.717, 1.165) is 33.8 Å². The number of benzene rings is 1. The van der Waals surface area contributed by atoms with Crippen molar-refractivity contribution < 1.29 is 4.79 Å². The molecule has 0 heterocycles. The minimum absolute atomic E-state index is 0.00558. The van der Waals surface area contributed by atoms with Gasteiger partial charge in [0.1, 0.15) is 0 Å². The zero-order chi connectivity index (χ0) is 14.5. The number of alkyl halides is 1. The van der Waals surface area contributed by atoms with Crippen molar-refractivity contribution in [3.63, 3.8) is 0 Å². The van der Waals surface area contributed by atoms with Crippen LogP contribution in [0, 0.1) is 12.3 Å². The Morgan fingerprint density at radius 1 is 1.32 bits per heavy atom. The van der Waals surface area contributed by atoms with Gasteiger partial charge in [-0.1, -0.05) is 51.8 Å². The summed E-state index contributed by atoms with van der Waals surface area (Å²) in [6.07, 6.45) is 2.10. The minimum atomic E-state index is 0.00558. The lowest BCUT2D eigenvalue weighted by molar-refractivity contribution is 0.0931. The second-order valence-corrected chi connectivity index (χ2v) is 6.46. The molecule has 0 aliphatic carbocycles. The van der Waals surface area contributed by atoms with Gasteiger partial charge in [0.15, 0.2) is 0 Å². The Balaban J connectivity index is 2.77. The fourth-order valence-corrected chi connectivity index (χ4v) is 3.29. The first kappa shape index (κ1) is 16.7. The van der Waals surface area contributed by atoms with Gasteiger partial charge in [-0.3, -0.25) is 4.79 Å². The predicted molar refractivity (Wildman–Crippen MR) is 88.0 cm³/mol. The first-order chi connectivity index (χ1) is 8.98. The molecule has 1 aromatic rings. The number of hydrogen-bond donors (Lipinski definition) is 1. The molecule has 4 heteroatoms. The van der Waals surface area contributed by atoms with E-state index in [1.165, 1.54) is 0 Å². The second-order valence-electron chi connectivity index (χ2n) is 4.98. The van der Waals surface area contributed by atoms with Crippen molar-refractivity contribution in [3.8, 4) is 0 Å². The summed E-state index contributed by atoms with van der Waals surface area (Å²) in [5, 5.41) is 3.98. The fourth-order valence-electron chi connectivity index (χ4n) is 1.94. The van der Waals surface area contributed by atoms with Crippen LogP contribution >= 0.6 is 31.9 Å². The Morgan fingerprint density at radius 3 is 2.47 bits per heavy atom. The molecular weight excluding hydrogens is 370 g/mol. The topological polar surface area (TPSA) is 29.1 Å². The molecule has 0 bridgehead atoms. The molecule has 0 fully saturated rings. The highest BCUT2D eigenvalue weighted by Gasteiger charge is 2.25. The van der Waals surface area contributed by atoms with Crippen molar-refractivity contribution in [3.05, 3.63) is 33.8 Å². The maximum Gasteiger partial charge on any atom is 0.251 e. The molecule has 0 saturated carbocycles. The summed E-state index contributed by atoms with van der Waals surface area (Å²) in [7, 11) is 0. The van der Waals surface area contributed by atoms with Crippen LogP contribution in [-0.4, -0.2) is 17.8 Å². The quantitative estimate of drug-likeness (QED) is 0.701. The van der Waals surface area contributed by atoms with Crippen LogP contribution < -0.4 is 5.32 Å². The summed E-state index contributed by atoms with van der Waals surface area (Å²) >= 11 is 6.98. The van der Waals surface area contributed by atoms with E-state index >= 15 is 0 Å². The van der Waals surface area contributed by atoms with Gasteiger partial charge in [0.2, 0.25) is 0 Å². The molecular formula is C15H21Br2NO. The lowest BCUT2D eigenvalue weighted by Crippen LogP contribution is -2.38. The van der Waals surface area contributed by atoms with Crippen molar-refractivity contribution in [1.82, 2.24) is 5.32 Å². The van der Waals surface area contributed by atoms with E-state index in [0.29, 0.717) is 6.54 Å². The van der Waals surface area contributed by atoms with Gasteiger partial charge < -0.3 is 5.32 Å². The summed E-state index contributed by atoms with van der Waals surface area (Å²) in [6, 6.07) is 5.78. The minimum Gasteiger partial charge on any atom is -0.351 e. The third-order valence-corrected chi connectivity index (χ3v) is 5.53.